The molecule has 0 bridgehead atoms. The lowest BCUT2D eigenvalue weighted by Crippen LogP contribution is -2.16. The average molecular weight is 120 g/mol. The third kappa shape index (κ3) is 2.14. The minimum absolute atomic E-state index is 0.898. The highest BCUT2D eigenvalue weighted by Crippen LogP contribution is 1.72. The monoisotopic (exact) mass is 120 g/mol. The van der Waals surface area contributed by atoms with Gasteiger partial charge in [0.2, 0.25) is 0 Å². The van der Waals surface area contributed by atoms with Crippen LogP contribution in [0.25, 0.3) is 0 Å². The summed E-state index contributed by atoms with van der Waals surface area (Å²) in [5.41, 5.74) is 0. The lowest BCUT2D eigenvalue weighted by atomic mass is 10.7. The molecule has 0 radical (unpaired) electrons. The minimum atomic E-state index is -1.71. The maximum Gasteiger partial charge on any atom is 0.419 e. The second kappa shape index (κ2) is 2.98. The summed E-state index contributed by atoms with van der Waals surface area (Å²) >= 11 is 0. The van der Waals surface area contributed by atoms with Crippen LogP contribution >= 0.6 is 0 Å². The molecule has 5 nitrogen and oxygen atoms in total. The van der Waals surface area contributed by atoms with Gasteiger partial charge in [0.05, 0.1) is 0 Å². The summed E-state index contributed by atoms with van der Waals surface area (Å²) in [6, 6.07) is 0. The minimum Gasteiger partial charge on any atom is -0.473 e. The van der Waals surface area contributed by atoms with E-state index in [-0.39, 0.29) is 0 Å². The Hall–Kier alpha value is -1.10. The first-order valence-corrected chi connectivity index (χ1v) is 1.69. The molecule has 0 rings (SSSR count). The third-order valence-electron chi connectivity index (χ3n) is 0.370. The molecule has 8 heavy (non-hydrogen) atoms. The number of hydrogen-bond acceptors (Lipinski definition) is 4. The lowest BCUT2D eigenvalue weighted by Gasteiger charge is -1.91. The number of esters is 1. The number of carboxylic acids is 1. The van der Waals surface area contributed by atoms with E-state index in [1.807, 2.05) is 0 Å². The average Bonchev–Trinajstić information content (AvgIpc) is 1.67. The van der Waals surface area contributed by atoms with E-state index >= 15 is 0 Å². The first kappa shape index (κ1) is 6.90. The van der Waals surface area contributed by atoms with Gasteiger partial charge in [-0.3, -0.25) is 0 Å². The van der Waals surface area contributed by atoms with Gasteiger partial charge in [0.15, 0.2) is 6.79 Å². The molecule has 0 aliphatic heterocycles. The molecular formula is C3H4O5. The van der Waals surface area contributed by atoms with Gasteiger partial charge >= 0.3 is 11.9 Å². The smallest absolute Gasteiger partial charge is 0.419 e. The Morgan fingerprint density at radius 2 is 2.00 bits per heavy atom. The largest absolute Gasteiger partial charge is 0.473 e. The van der Waals surface area contributed by atoms with E-state index in [1.54, 1.807) is 0 Å². The first-order chi connectivity index (χ1) is 3.68. The van der Waals surface area contributed by atoms with Gasteiger partial charge in [0, 0.05) is 0 Å². The number of rotatable bonds is 1. The van der Waals surface area contributed by atoms with E-state index in [0.29, 0.717) is 0 Å². The maximum absolute atomic E-state index is 9.76. The molecule has 0 aromatic heterocycles. The highest BCUT2D eigenvalue weighted by molar-refractivity contribution is 6.28. The van der Waals surface area contributed by atoms with E-state index < -0.39 is 18.7 Å². The molecule has 0 saturated carbocycles. The SMILES string of the molecule is O=C(O)C(=O)OCO. The summed E-state index contributed by atoms with van der Waals surface area (Å²) in [4.78, 5) is 19.3. The van der Waals surface area contributed by atoms with Gasteiger partial charge < -0.3 is 14.9 Å². The van der Waals surface area contributed by atoms with E-state index in [1.165, 1.54) is 0 Å². The number of carboxylic acid groups (broad SMARTS) is 1. The Morgan fingerprint density at radius 1 is 1.50 bits per heavy atom. The number of ether oxygens (including phenoxy) is 1. The lowest BCUT2D eigenvalue weighted by molar-refractivity contribution is -0.169. The van der Waals surface area contributed by atoms with Crippen LogP contribution in [-0.2, 0) is 14.3 Å². The van der Waals surface area contributed by atoms with Crippen molar-refractivity contribution < 1.29 is 24.5 Å². The fraction of sp³-hybridized carbons (Fsp3) is 0.333. The first-order valence-electron chi connectivity index (χ1n) is 1.69. The van der Waals surface area contributed by atoms with Gasteiger partial charge in [-0.2, -0.15) is 0 Å². The van der Waals surface area contributed by atoms with Crippen LogP contribution in [-0.4, -0.2) is 28.9 Å². The molecule has 0 amide bonds. The molecule has 0 heterocycles. The molecule has 0 spiro atoms. The zero-order valence-electron chi connectivity index (χ0n) is 3.83. The number of hydrogen-bond donors (Lipinski definition) is 2. The number of carbonyl (C=O) groups is 2. The van der Waals surface area contributed by atoms with Crippen LogP contribution in [0.1, 0.15) is 0 Å². The Balaban J connectivity index is 3.49. The third-order valence-corrected chi connectivity index (χ3v) is 0.370. The van der Waals surface area contributed by atoms with Crippen molar-refractivity contribution in [1.29, 1.82) is 0 Å². The molecule has 0 aromatic rings. The summed E-state index contributed by atoms with van der Waals surface area (Å²) < 4.78 is 3.62. The summed E-state index contributed by atoms with van der Waals surface area (Å²) in [6.45, 7) is -0.898. The maximum atomic E-state index is 9.76. The number of aliphatic hydroxyl groups excluding tert-OH is 1. The van der Waals surface area contributed by atoms with Crippen LogP contribution in [0.5, 0.6) is 0 Å². The molecule has 0 fully saturated rings. The summed E-state index contributed by atoms with van der Waals surface area (Å²) in [6.07, 6.45) is 0. The van der Waals surface area contributed by atoms with Crippen molar-refractivity contribution in [3.05, 3.63) is 0 Å². The molecule has 0 unspecified atom stereocenters. The van der Waals surface area contributed by atoms with Crippen LogP contribution in [0, 0.1) is 0 Å². The Bertz CT molecular complexity index is 106. The predicted molar refractivity (Wildman–Crippen MR) is 20.8 cm³/mol. The van der Waals surface area contributed by atoms with E-state index in [2.05, 4.69) is 4.74 Å². The van der Waals surface area contributed by atoms with Crippen molar-refractivity contribution in [1.82, 2.24) is 0 Å². The zero-order valence-corrected chi connectivity index (χ0v) is 3.83. The van der Waals surface area contributed by atoms with Gasteiger partial charge in [-0.05, 0) is 0 Å². The summed E-state index contributed by atoms with van der Waals surface area (Å²) in [5.74, 6) is -3.16. The zero-order chi connectivity index (χ0) is 6.57. The predicted octanol–water partition coefficient (Wildman–Crippen LogP) is -1.44. The van der Waals surface area contributed by atoms with Gasteiger partial charge in [-0.15, -0.1) is 0 Å². The number of aliphatic hydroxyl groups is 1. The second-order valence-corrected chi connectivity index (χ2v) is 0.866. The van der Waals surface area contributed by atoms with Gasteiger partial charge in [0.25, 0.3) is 0 Å². The van der Waals surface area contributed by atoms with E-state index in [9.17, 15) is 9.59 Å². The highest BCUT2D eigenvalue weighted by atomic mass is 16.6. The molecular weight excluding hydrogens is 116 g/mol. The highest BCUT2D eigenvalue weighted by Gasteiger charge is 2.10. The van der Waals surface area contributed by atoms with Gasteiger partial charge in [0.1, 0.15) is 0 Å². The van der Waals surface area contributed by atoms with E-state index in [4.69, 9.17) is 10.2 Å². The standard InChI is InChI=1S/C3H4O5/c4-1-8-3(7)2(5)6/h4H,1H2,(H,5,6). The summed E-state index contributed by atoms with van der Waals surface area (Å²) in [5, 5.41) is 15.5. The van der Waals surface area contributed by atoms with Crippen molar-refractivity contribution in [2.45, 2.75) is 0 Å². The molecule has 46 valence electrons. The molecule has 2 N–H and O–H groups in total. The van der Waals surface area contributed by atoms with Crippen molar-refractivity contribution in [2.75, 3.05) is 6.79 Å². The Morgan fingerprint density at radius 3 is 2.12 bits per heavy atom. The van der Waals surface area contributed by atoms with Crippen LogP contribution in [0.3, 0.4) is 0 Å². The fourth-order valence-electron chi connectivity index (χ4n) is 0.120. The molecule has 0 aromatic carbocycles. The molecule has 0 atom stereocenters. The molecule has 0 saturated heterocycles. The summed E-state index contributed by atoms with van der Waals surface area (Å²) in [7, 11) is 0. The Labute approximate surface area is 44.5 Å². The van der Waals surface area contributed by atoms with Crippen LogP contribution < -0.4 is 0 Å². The van der Waals surface area contributed by atoms with Crippen molar-refractivity contribution in [3.8, 4) is 0 Å². The van der Waals surface area contributed by atoms with Gasteiger partial charge in [-0.25, -0.2) is 9.59 Å². The van der Waals surface area contributed by atoms with E-state index in [0.717, 1.165) is 0 Å². The topological polar surface area (TPSA) is 83.8 Å². The van der Waals surface area contributed by atoms with Crippen molar-refractivity contribution in [2.24, 2.45) is 0 Å². The molecule has 5 heteroatoms. The fourth-order valence-corrected chi connectivity index (χ4v) is 0.120. The second-order valence-electron chi connectivity index (χ2n) is 0.866. The number of aliphatic carboxylic acids is 1. The van der Waals surface area contributed by atoms with Crippen LogP contribution in [0.4, 0.5) is 0 Å². The normalized spacial score (nSPS) is 8.12. The van der Waals surface area contributed by atoms with Crippen molar-refractivity contribution >= 4 is 11.9 Å². The Kier molecular flexibility index (Phi) is 2.57. The number of carbonyl (C=O) groups excluding carboxylic acids is 1. The van der Waals surface area contributed by atoms with Crippen LogP contribution in [0.2, 0.25) is 0 Å². The van der Waals surface area contributed by atoms with Crippen LogP contribution in [0.15, 0.2) is 0 Å². The van der Waals surface area contributed by atoms with Crippen molar-refractivity contribution in [3.63, 3.8) is 0 Å². The quantitative estimate of drug-likeness (QED) is 0.251. The molecule has 0 aliphatic rings. The van der Waals surface area contributed by atoms with Gasteiger partial charge in [-0.1, -0.05) is 0 Å². The molecule has 0 aliphatic carbocycles.